The Hall–Kier alpha value is -3.54. The van der Waals surface area contributed by atoms with E-state index in [1.807, 2.05) is 76.2 Å². The molecule has 4 rings (SSSR count). The lowest BCUT2D eigenvalue weighted by atomic mass is 10.1. The quantitative estimate of drug-likeness (QED) is 0.523. The lowest BCUT2D eigenvalue weighted by molar-refractivity contribution is 0.415. The summed E-state index contributed by atoms with van der Waals surface area (Å²) in [4.78, 5) is 0. The van der Waals surface area contributed by atoms with Crippen LogP contribution in [-0.2, 0) is 6.67 Å². The molecule has 27 heavy (non-hydrogen) atoms. The molecule has 0 radical (unpaired) electrons. The van der Waals surface area contributed by atoms with Gasteiger partial charge >= 0.3 is 0 Å². The molecular weight excluding hydrogens is 340 g/mol. The van der Waals surface area contributed by atoms with Crippen molar-refractivity contribution < 1.29 is 9.47 Å². The highest BCUT2D eigenvalue weighted by atomic mass is 16.5. The van der Waals surface area contributed by atoms with Crippen LogP contribution in [0.4, 0.5) is 0 Å². The fraction of sp³-hybridized carbons (Fsp3) is 0.143. The van der Waals surface area contributed by atoms with Crippen molar-refractivity contribution in [2.45, 2.75) is 6.67 Å². The maximum atomic E-state index is 5.32. The van der Waals surface area contributed by atoms with Crippen molar-refractivity contribution in [3.63, 3.8) is 0 Å². The monoisotopic (exact) mass is 360 g/mol. The molecule has 136 valence electrons. The second kappa shape index (κ2) is 7.37. The molecular formula is C21H20N4O2. The number of ether oxygens (including phenoxy) is 2. The number of hydrogen-bond donors (Lipinski definition) is 0. The average molecular weight is 360 g/mol. The second-order valence-electron chi connectivity index (χ2n) is 6.06. The first kappa shape index (κ1) is 16.9. The lowest BCUT2D eigenvalue weighted by Crippen LogP contribution is -2.11. The highest BCUT2D eigenvalue weighted by Crippen LogP contribution is 2.24. The summed E-state index contributed by atoms with van der Waals surface area (Å²) >= 11 is 0. The molecule has 2 aromatic heterocycles. The zero-order valence-electron chi connectivity index (χ0n) is 15.2. The Balaban J connectivity index is 1.59. The first-order valence-electron chi connectivity index (χ1n) is 8.61. The van der Waals surface area contributed by atoms with E-state index in [9.17, 15) is 0 Å². The van der Waals surface area contributed by atoms with Gasteiger partial charge < -0.3 is 9.47 Å². The third-order valence-corrected chi connectivity index (χ3v) is 4.37. The molecule has 6 heteroatoms. The molecule has 0 spiro atoms. The summed E-state index contributed by atoms with van der Waals surface area (Å²) < 4.78 is 14.4. The van der Waals surface area contributed by atoms with E-state index in [1.54, 1.807) is 20.4 Å². The molecule has 0 aliphatic heterocycles. The van der Waals surface area contributed by atoms with Crippen molar-refractivity contribution in [3.8, 4) is 34.0 Å². The molecule has 0 bridgehead atoms. The largest absolute Gasteiger partial charge is 0.497 e. The fourth-order valence-corrected chi connectivity index (χ4v) is 2.99. The van der Waals surface area contributed by atoms with E-state index < -0.39 is 0 Å². The molecule has 6 nitrogen and oxygen atoms in total. The molecule has 2 heterocycles. The van der Waals surface area contributed by atoms with Crippen LogP contribution >= 0.6 is 0 Å². The fourth-order valence-electron chi connectivity index (χ4n) is 2.99. The Morgan fingerprint density at radius 3 is 2.30 bits per heavy atom. The van der Waals surface area contributed by atoms with Gasteiger partial charge in [0.2, 0.25) is 0 Å². The van der Waals surface area contributed by atoms with Crippen LogP contribution < -0.4 is 9.47 Å². The van der Waals surface area contributed by atoms with Crippen LogP contribution in [0.3, 0.4) is 0 Å². The van der Waals surface area contributed by atoms with E-state index in [0.29, 0.717) is 6.67 Å². The molecule has 0 fully saturated rings. The van der Waals surface area contributed by atoms with Crippen LogP contribution in [0.2, 0.25) is 0 Å². The third kappa shape index (κ3) is 3.55. The maximum Gasteiger partial charge on any atom is 0.133 e. The maximum absolute atomic E-state index is 5.32. The van der Waals surface area contributed by atoms with E-state index >= 15 is 0 Å². The minimum atomic E-state index is 0.517. The van der Waals surface area contributed by atoms with Gasteiger partial charge in [0.1, 0.15) is 18.2 Å². The Morgan fingerprint density at radius 2 is 1.56 bits per heavy atom. The Morgan fingerprint density at radius 1 is 0.852 bits per heavy atom. The van der Waals surface area contributed by atoms with E-state index in [4.69, 9.17) is 9.47 Å². The first-order chi connectivity index (χ1) is 13.3. The van der Waals surface area contributed by atoms with Crippen LogP contribution in [0.25, 0.3) is 22.5 Å². The number of methoxy groups -OCH3 is 2. The number of rotatable bonds is 6. The van der Waals surface area contributed by atoms with Gasteiger partial charge in [-0.05, 0) is 36.4 Å². The van der Waals surface area contributed by atoms with Gasteiger partial charge in [-0.15, -0.1) is 0 Å². The summed E-state index contributed by atoms with van der Waals surface area (Å²) in [6, 6.07) is 19.8. The predicted octanol–water partition coefficient (Wildman–Crippen LogP) is 3.94. The summed E-state index contributed by atoms with van der Waals surface area (Å²) in [5.74, 6) is 1.63. The highest BCUT2D eigenvalue weighted by Gasteiger charge is 2.09. The Labute approximate surface area is 157 Å². The van der Waals surface area contributed by atoms with Gasteiger partial charge in [-0.2, -0.15) is 10.2 Å². The lowest BCUT2D eigenvalue weighted by Gasteiger charge is -2.09. The Bertz CT molecular complexity index is 1050. The van der Waals surface area contributed by atoms with E-state index in [2.05, 4.69) is 10.2 Å². The van der Waals surface area contributed by atoms with Crippen molar-refractivity contribution in [2.24, 2.45) is 0 Å². The zero-order chi connectivity index (χ0) is 18.6. The molecule has 0 aliphatic rings. The van der Waals surface area contributed by atoms with E-state index in [-0.39, 0.29) is 0 Å². The molecule has 0 amide bonds. The summed E-state index contributed by atoms with van der Waals surface area (Å²) in [5, 5.41) is 9.12. The zero-order valence-corrected chi connectivity index (χ0v) is 15.2. The minimum Gasteiger partial charge on any atom is -0.497 e. The van der Waals surface area contributed by atoms with Crippen molar-refractivity contribution in [1.29, 1.82) is 0 Å². The molecule has 2 aromatic carbocycles. The van der Waals surface area contributed by atoms with Gasteiger partial charge in [0, 0.05) is 23.5 Å². The highest BCUT2D eigenvalue weighted by molar-refractivity contribution is 5.62. The van der Waals surface area contributed by atoms with Gasteiger partial charge in [0.25, 0.3) is 0 Å². The summed E-state index contributed by atoms with van der Waals surface area (Å²) in [7, 11) is 3.33. The SMILES string of the molecule is COc1cccc(-c2ccn(Cn3nccc3-c3cccc(OC)c3)n2)c1. The van der Waals surface area contributed by atoms with Crippen molar-refractivity contribution in [3.05, 3.63) is 73.1 Å². The first-order valence-corrected chi connectivity index (χ1v) is 8.61. The minimum absolute atomic E-state index is 0.517. The van der Waals surface area contributed by atoms with Gasteiger partial charge in [-0.25, -0.2) is 4.68 Å². The molecule has 0 aliphatic carbocycles. The molecule has 0 saturated carbocycles. The van der Waals surface area contributed by atoms with Crippen molar-refractivity contribution in [1.82, 2.24) is 19.6 Å². The van der Waals surface area contributed by atoms with E-state index in [0.717, 1.165) is 34.0 Å². The predicted molar refractivity (Wildman–Crippen MR) is 104 cm³/mol. The normalized spacial score (nSPS) is 10.7. The molecule has 0 unspecified atom stereocenters. The second-order valence-corrected chi connectivity index (χ2v) is 6.06. The van der Waals surface area contributed by atoms with Gasteiger partial charge in [-0.1, -0.05) is 24.3 Å². The number of nitrogens with zero attached hydrogens (tertiary/aromatic N) is 4. The topological polar surface area (TPSA) is 54.1 Å². The van der Waals surface area contributed by atoms with Crippen LogP contribution in [0, 0.1) is 0 Å². The number of hydrogen-bond acceptors (Lipinski definition) is 4. The third-order valence-electron chi connectivity index (χ3n) is 4.37. The average Bonchev–Trinajstić information content (AvgIpc) is 3.38. The van der Waals surface area contributed by atoms with Crippen molar-refractivity contribution >= 4 is 0 Å². The van der Waals surface area contributed by atoms with E-state index in [1.165, 1.54) is 0 Å². The smallest absolute Gasteiger partial charge is 0.133 e. The summed E-state index contributed by atoms with van der Waals surface area (Å²) in [6.07, 6.45) is 3.74. The molecule has 0 saturated heterocycles. The number of aromatic nitrogens is 4. The summed E-state index contributed by atoms with van der Waals surface area (Å²) in [6.45, 7) is 0.517. The van der Waals surface area contributed by atoms with Gasteiger partial charge in [0.05, 0.1) is 25.6 Å². The standard InChI is InChI=1S/C21H20N4O2/c1-26-18-7-3-5-16(13-18)20-10-12-24(23-20)15-25-21(9-11-22-25)17-6-4-8-19(14-17)27-2/h3-14H,15H2,1-2H3. The Kier molecular flexibility index (Phi) is 4.61. The van der Waals surface area contributed by atoms with Gasteiger partial charge in [0.15, 0.2) is 0 Å². The van der Waals surface area contributed by atoms with Crippen LogP contribution in [0.1, 0.15) is 0 Å². The van der Waals surface area contributed by atoms with Crippen LogP contribution in [-0.4, -0.2) is 33.8 Å². The van der Waals surface area contributed by atoms with Gasteiger partial charge in [-0.3, -0.25) is 4.68 Å². The number of benzene rings is 2. The summed E-state index contributed by atoms with van der Waals surface area (Å²) in [5.41, 5.74) is 3.96. The molecule has 4 aromatic rings. The van der Waals surface area contributed by atoms with Crippen LogP contribution in [0.15, 0.2) is 73.1 Å². The van der Waals surface area contributed by atoms with Crippen LogP contribution in [0.5, 0.6) is 11.5 Å². The van der Waals surface area contributed by atoms with Crippen molar-refractivity contribution in [2.75, 3.05) is 14.2 Å². The molecule has 0 N–H and O–H groups in total. The molecule has 0 atom stereocenters.